The lowest BCUT2D eigenvalue weighted by atomic mass is 10.1. The molecule has 1 heterocycles. The molecule has 0 saturated carbocycles. The molecule has 0 unspecified atom stereocenters. The third-order valence-corrected chi connectivity index (χ3v) is 5.06. The molecule has 1 aromatic heterocycles. The van der Waals surface area contributed by atoms with Crippen molar-refractivity contribution >= 4 is 11.3 Å². The first-order chi connectivity index (χ1) is 13.3. The Labute approximate surface area is 164 Å². The molecule has 3 rings (SSSR count). The van der Waals surface area contributed by atoms with Crippen molar-refractivity contribution in [2.24, 2.45) is 0 Å². The van der Waals surface area contributed by atoms with Gasteiger partial charge in [0.05, 0.1) is 6.61 Å². The van der Waals surface area contributed by atoms with Gasteiger partial charge in [-0.25, -0.2) is 0 Å². The van der Waals surface area contributed by atoms with Crippen LogP contribution >= 0.6 is 11.3 Å². The molecule has 4 nitrogen and oxygen atoms in total. The Morgan fingerprint density at radius 1 is 1.00 bits per heavy atom. The lowest BCUT2D eigenvalue weighted by Gasteiger charge is -2.13. The zero-order valence-electron chi connectivity index (χ0n) is 15.5. The summed E-state index contributed by atoms with van der Waals surface area (Å²) in [7, 11) is 0. The van der Waals surface area contributed by atoms with Crippen molar-refractivity contribution in [1.29, 1.82) is 0 Å². The zero-order valence-corrected chi connectivity index (χ0v) is 16.3. The molecule has 0 spiro atoms. The topological polar surface area (TPSA) is 55.3 Å². The van der Waals surface area contributed by atoms with Crippen molar-refractivity contribution < 1.29 is 19.9 Å². The Balaban J connectivity index is 1.56. The van der Waals surface area contributed by atoms with Crippen LogP contribution in [0, 0.1) is 0 Å². The van der Waals surface area contributed by atoms with Gasteiger partial charge >= 0.3 is 0 Å². The van der Waals surface area contributed by atoms with Gasteiger partial charge in [0.25, 0.3) is 0 Å². The summed E-state index contributed by atoms with van der Waals surface area (Å²) in [6, 6.07) is 19.9. The van der Waals surface area contributed by atoms with Gasteiger partial charge < -0.3 is 19.9 Å². The molecular weight excluding hydrogens is 358 g/mol. The average molecular weight is 385 g/mol. The van der Waals surface area contributed by atoms with Crippen molar-refractivity contribution in [3.05, 3.63) is 82.0 Å². The van der Waals surface area contributed by atoms with E-state index < -0.39 is 6.10 Å². The Morgan fingerprint density at radius 3 is 2.59 bits per heavy atom. The number of hydrogen-bond acceptors (Lipinski definition) is 4. The van der Waals surface area contributed by atoms with Gasteiger partial charge in [-0.2, -0.15) is 0 Å². The standard InChI is InChI=1S/C22H25NO3S/c1-2-25-22-13-17(10-11-21(22)26-16-19-9-6-12-27-19)14-23-15-20(24)18-7-4-3-5-8-18/h3-13,20,23-24H,2,14-16H2,1H3/p+1/t20-/m0/s1. The second kappa shape index (κ2) is 10.1. The fourth-order valence-electron chi connectivity index (χ4n) is 2.83. The fraction of sp³-hybridized carbons (Fsp3) is 0.273. The average Bonchev–Trinajstić information content (AvgIpc) is 3.22. The molecule has 0 aliphatic heterocycles. The van der Waals surface area contributed by atoms with Crippen molar-refractivity contribution in [2.45, 2.75) is 26.2 Å². The fourth-order valence-corrected chi connectivity index (χ4v) is 3.45. The van der Waals surface area contributed by atoms with Gasteiger partial charge in [0, 0.05) is 10.4 Å². The summed E-state index contributed by atoms with van der Waals surface area (Å²) in [5.74, 6) is 1.53. The number of hydrogen-bond donors (Lipinski definition) is 2. The first-order valence-electron chi connectivity index (χ1n) is 9.22. The Hall–Kier alpha value is -2.34. The number of quaternary nitrogens is 1. The maximum Gasteiger partial charge on any atom is 0.161 e. The van der Waals surface area contributed by atoms with Gasteiger partial charge in [0.15, 0.2) is 11.5 Å². The normalized spacial score (nSPS) is 11.9. The molecule has 3 aromatic rings. The van der Waals surface area contributed by atoms with Gasteiger partial charge in [0.1, 0.15) is 25.8 Å². The van der Waals surface area contributed by atoms with Gasteiger partial charge in [-0.15, -0.1) is 11.3 Å². The van der Waals surface area contributed by atoms with E-state index in [0.29, 0.717) is 19.8 Å². The number of nitrogens with two attached hydrogens (primary N) is 1. The highest BCUT2D eigenvalue weighted by Gasteiger charge is 2.11. The van der Waals surface area contributed by atoms with Crippen LogP contribution in [0.4, 0.5) is 0 Å². The highest BCUT2D eigenvalue weighted by molar-refractivity contribution is 7.09. The molecule has 0 aliphatic rings. The van der Waals surface area contributed by atoms with Crippen LogP contribution in [0.25, 0.3) is 0 Å². The number of ether oxygens (including phenoxy) is 2. The van der Waals surface area contributed by atoms with Crippen molar-refractivity contribution in [3.63, 3.8) is 0 Å². The number of thiophene rings is 1. The first-order valence-corrected chi connectivity index (χ1v) is 10.1. The molecule has 2 aromatic carbocycles. The molecule has 0 saturated heterocycles. The lowest BCUT2D eigenvalue weighted by Crippen LogP contribution is -2.83. The van der Waals surface area contributed by atoms with Crippen LogP contribution in [-0.2, 0) is 13.2 Å². The van der Waals surface area contributed by atoms with Gasteiger partial charge in [0.2, 0.25) is 0 Å². The van der Waals surface area contributed by atoms with Crippen LogP contribution in [0.2, 0.25) is 0 Å². The van der Waals surface area contributed by atoms with Gasteiger partial charge in [-0.1, -0.05) is 36.4 Å². The molecule has 0 radical (unpaired) electrons. The second-order valence-electron chi connectivity index (χ2n) is 6.24. The molecule has 1 atom stereocenters. The van der Waals surface area contributed by atoms with Crippen LogP contribution in [-0.4, -0.2) is 18.3 Å². The molecule has 0 aliphatic carbocycles. The molecule has 142 valence electrons. The summed E-state index contributed by atoms with van der Waals surface area (Å²) in [5.41, 5.74) is 2.09. The zero-order chi connectivity index (χ0) is 18.9. The van der Waals surface area contributed by atoms with Crippen LogP contribution in [0.15, 0.2) is 66.0 Å². The number of aliphatic hydroxyl groups is 1. The largest absolute Gasteiger partial charge is 0.490 e. The summed E-state index contributed by atoms with van der Waals surface area (Å²) in [6.45, 7) is 4.50. The molecule has 5 heteroatoms. The van der Waals surface area contributed by atoms with E-state index in [2.05, 4.69) is 17.4 Å². The molecule has 0 bridgehead atoms. The maximum absolute atomic E-state index is 10.3. The molecule has 27 heavy (non-hydrogen) atoms. The smallest absolute Gasteiger partial charge is 0.161 e. The maximum atomic E-state index is 10.3. The number of aliphatic hydroxyl groups excluding tert-OH is 1. The Kier molecular flexibility index (Phi) is 7.27. The van der Waals surface area contributed by atoms with Crippen molar-refractivity contribution in [3.8, 4) is 11.5 Å². The van der Waals surface area contributed by atoms with E-state index in [9.17, 15) is 5.11 Å². The summed E-state index contributed by atoms with van der Waals surface area (Å²) >= 11 is 1.68. The van der Waals surface area contributed by atoms with Gasteiger partial charge in [-0.05, 0) is 42.1 Å². The van der Waals surface area contributed by atoms with Crippen LogP contribution in [0.3, 0.4) is 0 Å². The minimum absolute atomic E-state index is 0.467. The minimum Gasteiger partial charge on any atom is -0.490 e. The number of rotatable bonds is 10. The molecule has 3 N–H and O–H groups in total. The van der Waals surface area contributed by atoms with E-state index in [4.69, 9.17) is 9.47 Å². The quantitative estimate of drug-likeness (QED) is 0.562. The van der Waals surface area contributed by atoms with E-state index in [1.807, 2.05) is 60.8 Å². The first kappa shape index (κ1) is 19.4. The lowest BCUT2D eigenvalue weighted by molar-refractivity contribution is -0.677. The highest BCUT2D eigenvalue weighted by Crippen LogP contribution is 2.29. The Morgan fingerprint density at radius 2 is 1.85 bits per heavy atom. The monoisotopic (exact) mass is 384 g/mol. The van der Waals surface area contributed by atoms with Crippen molar-refractivity contribution in [2.75, 3.05) is 13.2 Å². The van der Waals surface area contributed by atoms with E-state index >= 15 is 0 Å². The predicted molar refractivity (Wildman–Crippen MR) is 108 cm³/mol. The van der Waals surface area contributed by atoms with Crippen LogP contribution in [0.5, 0.6) is 11.5 Å². The summed E-state index contributed by atoms with van der Waals surface area (Å²) < 4.78 is 11.7. The molecular formula is C22H26NO3S+. The number of benzene rings is 2. The van der Waals surface area contributed by atoms with Gasteiger partial charge in [-0.3, -0.25) is 0 Å². The van der Waals surface area contributed by atoms with E-state index in [-0.39, 0.29) is 0 Å². The minimum atomic E-state index is -0.467. The van der Waals surface area contributed by atoms with E-state index in [1.54, 1.807) is 11.3 Å². The van der Waals surface area contributed by atoms with Crippen LogP contribution < -0.4 is 14.8 Å². The molecule has 0 amide bonds. The second-order valence-corrected chi connectivity index (χ2v) is 7.27. The summed E-state index contributed by atoms with van der Waals surface area (Å²) in [5, 5.41) is 14.4. The molecule has 0 fully saturated rings. The predicted octanol–water partition coefficient (Wildman–Crippen LogP) is 3.52. The Bertz CT molecular complexity index is 806. The van der Waals surface area contributed by atoms with Crippen molar-refractivity contribution in [1.82, 2.24) is 0 Å². The highest BCUT2D eigenvalue weighted by atomic mass is 32.1. The van der Waals surface area contributed by atoms with E-state index in [1.165, 1.54) is 4.88 Å². The third-order valence-electron chi connectivity index (χ3n) is 4.21. The summed E-state index contributed by atoms with van der Waals surface area (Å²) in [4.78, 5) is 1.18. The SMILES string of the molecule is CCOc1cc(C[NH2+]C[C@H](O)c2ccccc2)ccc1OCc1cccs1. The summed E-state index contributed by atoms with van der Waals surface area (Å²) in [6.07, 6.45) is -0.467. The van der Waals surface area contributed by atoms with E-state index in [0.717, 1.165) is 29.2 Å². The third kappa shape index (κ3) is 5.82. The van der Waals surface area contributed by atoms with Crippen LogP contribution in [0.1, 0.15) is 29.0 Å².